The minimum Gasteiger partial charge on any atom is -0.370 e. The predicted octanol–water partition coefficient (Wildman–Crippen LogP) is 2.30. The van der Waals surface area contributed by atoms with E-state index in [1.54, 1.807) is 39.9 Å². The van der Waals surface area contributed by atoms with Crippen molar-refractivity contribution in [3.05, 3.63) is 52.7 Å². The Kier molecular flexibility index (Phi) is 6.87. The highest BCUT2D eigenvalue weighted by atomic mass is 32.2. The van der Waals surface area contributed by atoms with Crippen LogP contribution in [0.1, 0.15) is 17.7 Å². The number of rotatable bonds is 7. The first-order chi connectivity index (χ1) is 13.1. The predicted molar refractivity (Wildman–Crippen MR) is 110 cm³/mol. The van der Waals surface area contributed by atoms with Crippen molar-refractivity contribution in [2.45, 2.75) is 24.2 Å². The molecule has 0 spiro atoms. The van der Waals surface area contributed by atoms with Gasteiger partial charge in [0, 0.05) is 31.1 Å². The van der Waals surface area contributed by atoms with Crippen molar-refractivity contribution in [3.63, 3.8) is 0 Å². The molecule has 1 fully saturated rings. The minimum absolute atomic E-state index is 0.362. The van der Waals surface area contributed by atoms with Gasteiger partial charge in [0.05, 0.1) is 4.90 Å². The van der Waals surface area contributed by atoms with Crippen molar-refractivity contribution in [2.75, 3.05) is 26.2 Å². The van der Waals surface area contributed by atoms with Crippen molar-refractivity contribution in [3.8, 4) is 0 Å². The Labute approximate surface area is 165 Å². The second-order valence-electron chi connectivity index (χ2n) is 6.64. The Morgan fingerprint density at radius 1 is 1.19 bits per heavy atom. The molecule has 0 saturated carbocycles. The molecule has 1 aliphatic heterocycles. The maximum absolute atomic E-state index is 12.6. The summed E-state index contributed by atoms with van der Waals surface area (Å²) >= 11 is 1.74. The van der Waals surface area contributed by atoms with Crippen molar-refractivity contribution < 1.29 is 8.42 Å². The van der Waals surface area contributed by atoms with Crippen molar-refractivity contribution in [2.24, 2.45) is 16.6 Å². The van der Waals surface area contributed by atoms with E-state index in [0.717, 1.165) is 25.8 Å². The highest BCUT2D eigenvalue weighted by molar-refractivity contribution is 7.89. The second kappa shape index (κ2) is 9.34. The molecule has 146 valence electrons. The van der Waals surface area contributed by atoms with Crippen LogP contribution in [0.2, 0.25) is 0 Å². The zero-order valence-corrected chi connectivity index (χ0v) is 16.9. The van der Waals surface area contributed by atoms with Gasteiger partial charge in [-0.15, -0.1) is 11.3 Å². The Morgan fingerprint density at radius 2 is 1.93 bits per heavy atom. The van der Waals surface area contributed by atoms with E-state index >= 15 is 0 Å². The fraction of sp³-hybridized carbons (Fsp3) is 0.421. The van der Waals surface area contributed by atoms with Gasteiger partial charge in [-0.05, 0) is 48.8 Å². The summed E-state index contributed by atoms with van der Waals surface area (Å²) in [5.41, 5.74) is 5.94. The van der Waals surface area contributed by atoms with Crippen LogP contribution in [0.3, 0.4) is 0 Å². The van der Waals surface area contributed by atoms with Gasteiger partial charge in [0.15, 0.2) is 5.96 Å². The average Bonchev–Trinajstić information content (AvgIpc) is 3.21. The van der Waals surface area contributed by atoms with Crippen LogP contribution in [0, 0.1) is 5.92 Å². The van der Waals surface area contributed by atoms with Crippen LogP contribution in [-0.2, 0) is 16.4 Å². The third-order valence-electron chi connectivity index (χ3n) is 4.73. The summed E-state index contributed by atoms with van der Waals surface area (Å²) in [6.07, 6.45) is 2.54. The molecule has 2 aromatic rings. The van der Waals surface area contributed by atoms with E-state index < -0.39 is 10.0 Å². The molecule has 0 unspecified atom stereocenters. The number of thiophene rings is 1. The van der Waals surface area contributed by atoms with Crippen LogP contribution in [0.4, 0.5) is 0 Å². The number of benzene rings is 1. The number of nitrogens with two attached hydrogens (primary N) is 1. The molecule has 27 heavy (non-hydrogen) atoms. The molecule has 3 rings (SSSR count). The number of nitrogens with one attached hydrogen (secondary N) is 1. The molecule has 8 heteroatoms. The van der Waals surface area contributed by atoms with Gasteiger partial charge in [0.1, 0.15) is 0 Å². The Hall–Kier alpha value is -1.90. The van der Waals surface area contributed by atoms with Gasteiger partial charge in [-0.3, -0.25) is 4.99 Å². The number of guanidine groups is 1. The van der Waals surface area contributed by atoms with E-state index in [1.165, 1.54) is 4.88 Å². The topological polar surface area (TPSA) is 87.8 Å². The summed E-state index contributed by atoms with van der Waals surface area (Å²) in [6.45, 7) is 2.47. The largest absolute Gasteiger partial charge is 0.370 e. The van der Waals surface area contributed by atoms with E-state index in [2.05, 4.69) is 21.8 Å². The lowest BCUT2D eigenvalue weighted by Crippen LogP contribution is -2.39. The SMILES string of the molecule is NC(=NCC1CCN(S(=O)(=O)c2ccccc2)CC1)NCCc1cccs1. The summed E-state index contributed by atoms with van der Waals surface area (Å²) in [5.74, 6) is 0.829. The highest BCUT2D eigenvalue weighted by Crippen LogP contribution is 2.23. The van der Waals surface area contributed by atoms with Gasteiger partial charge in [-0.1, -0.05) is 24.3 Å². The van der Waals surface area contributed by atoms with Crippen LogP contribution in [-0.4, -0.2) is 44.9 Å². The Balaban J connectivity index is 1.42. The number of hydrogen-bond acceptors (Lipinski definition) is 4. The summed E-state index contributed by atoms with van der Waals surface area (Å²) in [6, 6.07) is 12.8. The second-order valence-corrected chi connectivity index (χ2v) is 9.61. The zero-order valence-electron chi connectivity index (χ0n) is 15.3. The van der Waals surface area contributed by atoms with Crippen LogP contribution >= 0.6 is 11.3 Å². The zero-order chi connectivity index (χ0) is 19.1. The van der Waals surface area contributed by atoms with Crippen molar-refractivity contribution in [1.82, 2.24) is 9.62 Å². The summed E-state index contributed by atoms with van der Waals surface area (Å²) < 4.78 is 26.9. The van der Waals surface area contributed by atoms with Crippen molar-refractivity contribution >= 4 is 27.3 Å². The van der Waals surface area contributed by atoms with E-state index in [1.807, 2.05) is 12.1 Å². The number of sulfonamides is 1. The van der Waals surface area contributed by atoms with E-state index in [9.17, 15) is 8.42 Å². The Morgan fingerprint density at radius 3 is 2.59 bits per heavy atom. The normalized spacial score (nSPS) is 17.1. The molecule has 0 aliphatic carbocycles. The molecule has 1 aromatic heterocycles. The minimum atomic E-state index is -3.39. The quantitative estimate of drug-likeness (QED) is 0.545. The maximum Gasteiger partial charge on any atom is 0.243 e. The highest BCUT2D eigenvalue weighted by Gasteiger charge is 2.29. The van der Waals surface area contributed by atoms with Gasteiger partial charge in [-0.25, -0.2) is 8.42 Å². The standard InChI is InChI=1S/C19H26N4O2S2/c20-19(21-11-8-17-5-4-14-26-17)22-15-16-9-12-23(13-10-16)27(24,25)18-6-2-1-3-7-18/h1-7,14,16H,8-13,15H2,(H3,20,21,22). The number of hydrogen-bond donors (Lipinski definition) is 2. The molecule has 0 radical (unpaired) electrons. The molecule has 0 atom stereocenters. The smallest absolute Gasteiger partial charge is 0.243 e. The number of piperidine rings is 1. The van der Waals surface area contributed by atoms with Gasteiger partial charge in [0.25, 0.3) is 0 Å². The molecule has 0 amide bonds. The monoisotopic (exact) mass is 406 g/mol. The molecule has 6 nitrogen and oxygen atoms in total. The van der Waals surface area contributed by atoms with Crippen LogP contribution < -0.4 is 11.1 Å². The molecule has 1 saturated heterocycles. The number of aliphatic imine (C=N–C) groups is 1. The summed E-state index contributed by atoms with van der Waals surface area (Å²) in [5, 5.41) is 5.21. The third-order valence-corrected chi connectivity index (χ3v) is 7.58. The van der Waals surface area contributed by atoms with Gasteiger partial charge in [-0.2, -0.15) is 4.31 Å². The van der Waals surface area contributed by atoms with Crippen LogP contribution in [0.15, 0.2) is 57.7 Å². The van der Waals surface area contributed by atoms with Gasteiger partial charge < -0.3 is 11.1 Å². The lowest BCUT2D eigenvalue weighted by atomic mass is 9.98. The molecule has 3 N–H and O–H groups in total. The first-order valence-electron chi connectivity index (χ1n) is 9.17. The van der Waals surface area contributed by atoms with E-state index in [4.69, 9.17) is 5.73 Å². The summed E-state index contributed by atoms with van der Waals surface area (Å²) in [4.78, 5) is 6.11. The van der Waals surface area contributed by atoms with E-state index in [0.29, 0.717) is 36.4 Å². The van der Waals surface area contributed by atoms with Crippen molar-refractivity contribution in [1.29, 1.82) is 0 Å². The molecule has 1 aliphatic rings. The van der Waals surface area contributed by atoms with E-state index in [-0.39, 0.29) is 0 Å². The van der Waals surface area contributed by atoms with Crippen LogP contribution in [0.25, 0.3) is 0 Å². The lowest BCUT2D eigenvalue weighted by molar-refractivity contribution is 0.279. The molecule has 2 heterocycles. The van der Waals surface area contributed by atoms with Crippen LogP contribution in [0.5, 0.6) is 0 Å². The molecule has 0 bridgehead atoms. The molecular weight excluding hydrogens is 380 g/mol. The fourth-order valence-electron chi connectivity index (χ4n) is 3.13. The number of nitrogens with zero attached hydrogens (tertiary/aromatic N) is 2. The molecular formula is C19H26N4O2S2. The van der Waals surface area contributed by atoms with Gasteiger partial charge in [0.2, 0.25) is 10.0 Å². The summed E-state index contributed by atoms with van der Waals surface area (Å²) in [7, 11) is -3.39. The Bertz CT molecular complexity index is 828. The third kappa shape index (κ3) is 5.54. The lowest BCUT2D eigenvalue weighted by Gasteiger charge is -2.30. The maximum atomic E-state index is 12.6. The first-order valence-corrected chi connectivity index (χ1v) is 11.5. The first kappa shape index (κ1) is 19.9. The fourth-order valence-corrected chi connectivity index (χ4v) is 5.33. The molecule has 1 aromatic carbocycles. The van der Waals surface area contributed by atoms with Gasteiger partial charge >= 0.3 is 0 Å². The average molecular weight is 407 g/mol.